The van der Waals surface area contributed by atoms with Crippen molar-refractivity contribution in [1.82, 2.24) is 25.2 Å². The minimum absolute atomic E-state index is 0.104. The van der Waals surface area contributed by atoms with Gasteiger partial charge in [0.1, 0.15) is 11.5 Å². The summed E-state index contributed by atoms with van der Waals surface area (Å²) in [7, 11) is 0. The molecule has 1 aromatic carbocycles. The molecule has 0 saturated carbocycles. The molecule has 0 spiro atoms. The van der Waals surface area contributed by atoms with Gasteiger partial charge in [-0.2, -0.15) is 0 Å². The quantitative estimate of drug-likeness (QED) is 0.247. The number of halogens is 2. The van der Waals surface area contributed by atoms with Crippen LogP contribution in [0.1, 0.15) is 35.7 Å². The highest BCUT2D eigenvalue weighted by Gasteiger charge is 2.28. The molecular weight excluding hydrogens is 495 g/mol. The van der Waals surface area contributed by atoms with Crippen LogP contribution in [0.2, 0.25) is 5.02 Å². The van der Waals surface area contributed by atoms with Gasteiger partial charge < -0.3 is 20.5 Å². The molecule has 0 radical (unpaired) electrons. The Morgan fingerprint density at radius 3 is 2.65 bits per heavy atom. The number of pyridine rings is 2. The van der Waals surface area contributed by atoms with E-state index in [1.54, 1.807) is 29.4 Å². The molecule has 4 heterocycles. The SMILES string of the molecule is CC(C)c1cnc(-c2cc(Cl)ccc2F)cc1Nc1ccnc2[nH]cc(C(=O)C(=O)N3CCNCC3)c12. The number of carbonyl (C=O) groups is 2. The predicted octanol–water partition coefficient (Wildman–Crippen LogP) is 4.90. The van der Waals surface area contributed by atoms with Gasteiger partial charge in [-0.15, -0.1) is 0 Å². The number of aromatic nitrogens is 3. The standard InChI is InChI=1S/C27H26ClFN6O2/c1-15(2)18-13-32-22(17-11-16(28)3-4-20(17)29)12-23(18)34-21-5-6-31-26-24(21)19(14-33-26)25(36)27(37)35-9-7-30-8-10-35/h3-6,11-15,30H,7-10H2,1-2H3,(H2,31,32,33,34). The lowest BCUT2D eigenvalue weighted by molar-refractivity contribution is -0.126. The number of nitrogens with zero attached hydrogens (tertiary/aromatic N) is 3. The Kier molecular flexibility index (Phi) is 6.90. The second kappa shape index (κ2) is 10.3. The number of ketones is 1. The van der Waals surface area contributed by atoms with E-state index in [2.05, 4.69) is 25.6 Å². The number of aromatic amines is 1. The minimum Gasteiger partial charge on any atom is -0.355 e. The average Bonchev–Trinajstić information content (AvgIpc) is 3.35. The number of rotatable bonds is 6. The molecule has 1 amide bonds. The van der Waals surface area contributed by atoms with Gasteiger partial charge in [0.05, 0.1) is 22.3 Å². The van der Waals surface area contributed by atoms with Crippen LogP contribution >= 0.6 is 11.6 Å². The third-order valence-corrected chi connectivity index (χ3v) is 6.68. The average molecular weight is 521 g/mol. The van der Waals surface area contributed by atoms with Gasteiger partial charge in [0, 0.05) is 61.0 Å². The largest absolute Gasteiger partial charge is 0.355 e. The summed E-state index contributed by atoms with van der Waals surface area (Å²) in [6.07, 6.45) is 4.84. The molecule has 190 valence electrons. The molecule has 1 fully saturated rings. The Morgan fingerprint density at radius 1 is 1.11 bits per heavy atom. The smallest absolute Gasteiger partial charge is 0.295 e. The molecular formula is C27H26ClFN6O2. The number of anilines is 2. The van der Waals surface area contributed by atoms with E-state index in [4.69, 9.17) is 11.6 Å². The van der Waals surface area contributed by atoms with Crippen molar-refractivity contribution in [2.75, 3.05) is 31.5 Å². The van der Waals surface area contributed by atoms with Gasteiger partial charge in [-0.1, -0.05) is 25.4 Å². The summed E-state index contributed by atoms with van der Waals surface area (Å²) < 4.78 is 14.6. The third kappa shape index (κ3) is 4.92. The van der Waals surface area contributed by atoms with Gasteiger partial charge in [0.15, 0.2) is 0 Å². The monoisotopic (exact) mass is 520 g/mol. The van der Waals surface area contributed by atoms with Crippen molar-refractivity contribution < 1.29 is 14.0 Å². The summed E-state index contributed by atoms with van der Waals surface area (Å²) in [5.74, 6) is -1.46. The highest BCUT2D eigenvalue weighted by Crippen LogP contribution is 2.35. The lowest BCUT2D eigenvalue weighted by atomic mass is 10.0. The van der Waals surface area contributed by atoms with E-state index in [0.29, 0.717) is 59.3 Å². The molecule has 0 unspecified atom stereocenters. The fourth-order valence-corrected chi connectivity index (χ4v) is 4.66. The molecule has 1 aliphatic heterocycles. The molecule has 0 aliphatic carbocycles. The third-order valence-electron chi connectivity index (χ3n) is 6.45. The molecule has 0 bridgehead atoms. The van der Waals surface area contributed by atoms with Crippen molar-refractivity contribution in [3.8, 4) is 11.3 Å². The summed E-state index contributed by atoms with van der Waals surface area (Å²) in [6.45, 7) is 6.32. The molecule has 5 rings (SSSR count). The molecule has 3 N–H and O–H groups in total. The van der Waals surface area contributed by atoms with E-state index < -0.39 is 17.5 Å². The molecule has 1 saturated heterocycles. The van der Waals surface area contributed by atoms with Crippen LogP contribution in [0, 0.1) is 5.82 Å². The zero-order chi connectivity index (χ0) is 26.1. The fourth-order valence-electron chi connectivity index (χ4n) is 4.49. The van der Waals surface area contributed by atoms with Gasteiger partial charge in [-0.05, 0) is 41.8 Å². The Labute approximate surface area is 218 Å². The minimum atomic E-state index is -0.593. The van der Waals surface area contributed by atoms with E-state index in [-0.39, 0.29) is 17.0 Å². The van der Waals surface area contributed by atoms with Crippen molar-refractivity contribution in [2.45, 2.75) is 19.8 Å². The molecule has 37 heavy (non-hydrogen) atoms. The first-order valence-electron chi connectivity index (χ1n) is 12.1. The van der Waals surface area contributed by atoms with Crippen molar-refractivity contribution >= 4 is 45.7 Å². The Hall–Kier alpha value is -3.82. The maximum Gasteiger partial charge on any atom is 0.295 e. The van der Waals surface area contributed by atoms with Gasteiger partial charge in [0.25, 0.3) is 11.7 Å². The van der Waals surface area contributed by atoms with Gasteiger partial charge >= 0.3 is 0 Å². The summed E-state index contributed by atoms with van der Waals surface area (Å²) >= 11 is 6.11. The second-order valence-corrected chi connectivity index (χ2v) is 9.65. The summed E-state index contributed by atoms with van der Waals surface area (Å²) in [5, 5.41) is 7.49. The van der Waals surface area contributed by atoms with Crippen molar-refractivity contribution in [3.05, 3.63) is 70.9 Å². The van der Waals surface area contributed by atoms with Gasteiger partial charge in [0.2, 0.25) is 0 Å². The first-order valence-corrected chi connectivity index (χ1v) is 12.4. The molecule has 1 aliphatic rings. The molecule has 3 aromatic heterocycles. The predicted molar refractivity (Wildman–Crippen MR) is 142 cm³/mol. The maximum absolute atomic E-state index is 14.6. The number of benzene rings is 1. The fraction of sp³-hybridized carbons (Fsp3) is 0.259. The lowest BCUT2D eigenvalue weighted by Gasteiger charge is -2.26. The Balaban J connectivity index is 1.56. The first kappa shape index (κ1) is 24.9. The number of hydrogen-bond acceptors (Lipinski definition) is 6. The summed E-state index contributed by atoms with van der Waals surface area (Å²) in [6, 6.07) is 7.83. The first-order chi connectivity index (χ1) is 17.8. The van der Waals surface area contributed by atoms with E-state index in [9.17, 15) is 14.0 Å². The van der Waals surface area contributed by atoms with Crippen molar-refractivity contribution in [2.24, 2.45) is 0 Å². The number of piperazine rings is 1. The van der Waals surface area contributed by atoms with Crippen LogP contribution in [0.5, 0.6) is 0 Å². The number of Topliss-reactive ketones (excluding diaryl/α,β-unsaturated/α-hetero) is 1. The van der Waals surface area contributed by atoms with Crippen LogP contribution in [-0.4, -0.2) is 57.7 Å². The van der Waals surface area contributed by atoms with Gasteiger partial charge in [-0.3, -0.25) is 14.6 Å². The summed E-state index contributed by atoms with van der Waals surface area (Å²) in [5.41, 5.74) is 3.60. The zero-order valence-electron chi connectivity index (χ0n) is 20.4. The molecule has 4 aromatic rings. The lowest BCUT2D eigenvalue weighted by Crippen LogP contribution is -2.48. The Morgan fingerprint density at radius 2 is 1.89 bits per heavy atom. The molecule has 0 atom stereocenters. The van der Waals surface area contributed by atoms with Crippen molar-refractivity contribution in [3.63, 3.8) is 0 Å². The second-order valence-electron chi connectivity index (χ2n) is 9.22. The van der Waals surface area contributed by atoms with Crippen LogP contribution in [-0.2, 0) is 4.79 Å². The topological polar surface area (TPSA) is 103 Å². The number of hydrogen-bond donors (Lipinski definition) is 3. The number of fused-ring (bicyclic) bond motifs is 1. The molecule has 10 heteroatoms. The van der Waals surface area contributed by atoms with Crippen LogP contribution in [0.15, 0.2) is 48.9 Å². The van der Waals surface area contributed by atoms with Crippen LogP contribution < -0.4 is 10.6 Å². The van der Waals surface area contributed by atoms with Crippen LogP contribution in [0.3, 0.4) is 0 Å². The maximum atomic E-state index is 14.6. The normalized spacial score (nSPS) is 13.8. The number of carbonyl (C=O) groups excluding carboxylic acids is 2. The number of amides is 1. The van der Waals surface area contributed by atoms with Gasteiger partial charge in [-0.25, -0.2) is 9.37 Å². The number of nitrogens with one attached hydrogen (secondary N) is 3. The highest BCUT2D eigenvalue weighted by atomic mass is 35.5. The summed E-state index contributed by atoms with van der Waals surface area (Å²) in [4.78, 5) is 39.6. The zero-order valence-corrected chi connectivity index (χ0v) is 21.2. The van der Waals surface area contributed by atoms with Crippen LogP contribution in [0.4, 0.5) is 15.8 Å². The van der Waals surface area contributed by atoms with E-state index in [1.165, 1.54) is 24.4 Å². The number of H-pyrrole nitrogens is 1. The molecule has 8 nitrogen and oxygen atoms in total. The van der Waals surface area contributed by atoms with E-state index in [0.717, 1.165) is 5.56 Å². The highest BCUT2D eigenvalue weighted by molar-refractivity contribution is 6.45. The van der Waals surface area contributed by atoms with Crippen molar-refractivity contribution in [1.29, 1.82) is 0 Å². The van der Waals surface area contributed by atoms with Crippen LogP contribution in [0.25, 0.3) is 22.3 Å². The van der Waals surface area contributed by atoms with E-state index >= 15 is 0 Å². The Bertz CT molecular complexity index is 1500. The van der Waals surface area contributed by atoms with E-state index in [1.807, 2.05) is 13.8 Å².